The normalized spacial score (nSPS) is 10.8. The van der Waals surface area contributed by atoms with Crippen LogP contribution >= 0.6 is 0 Å². The van der Waals surface area contributed by atoms with Gasteiger partial charge in [0.25, 0.3) is 0 Å². The molecular weight excluding hydrogens is 224 g/mol. The second-order valence-corrected chi connectivity index (χ2v) is 4.55. The van der Waals surface area contributed by atoms with E-state index in [1.54, 1.807) is 7.11 Å². The van der Waals surface area contributed by atoms with Crippen LogP contribution in [0.1, 0.15) is 39.5 Å². The Bertz CT molecular complexity index is 403. The molecule has 0 heterocycles. The minimum atomic E-state index is -0.462. The molecule has 0 unspecified atom stereocenters. The summed E-state index contributed by atoms with van der Waals surface area (Å²) in [6.45, 7) is 4.21. The molecule has 0 saturated heterocycles. The molecule has 0 bridgehead atoms. The predicted octanol–water partition coefficient (Wildman–Crippen LogP) is 3.97. The van der Waals surface area contributed by atoms with E-state index in [1.165, 1.54) is 0 Å². The van der Waals surface area contributed by atoms with Gasteiger partial charge in [0, 0.05) is 11.8 Å². The minimum absolute atomic E-state index is 0.462. The smallest absolute Gasteiger partial charge is 0.125 e. The zero-order chi connectivity index (χ0) is 13.4. The molecule has 0 amide bonds. The van der Waals surface area contributed by atoms with Crippen LogP contribution in [0.15, 0.2) is 24.3 Å². The quantitative estimate of drug-likeness (QED) is 0.791. The molecule has 0 radical (unpaired) electrons. The number of anilines is 1. The molecule has 1 aromatic carbocycles. The average molecular weight is 246 g/mol. The molecule has 0 aliphatic heterocycles. The lowest BCUT2D eigenvalue weighted by Gasteiger charge is -2.28. The van der Waals surface area contributed by atoms with Crippen molar-refractivity contribution in [1.82, 2.24) is 0 Å². The fourth-order valence-corrected chi connectivity index (χ4v) is 2.22. The number of nitriles is 1. The molecule has 0 fully saturated rings. The van der Waals surface area contributed by atoms with E-state index in [2.05, 4.69) is 25.2 Å². The van der Waals surface area contributed by atoms with E-state index >= 15 is 0 Å². The van der Waals surface area contributed by atoms with E-state index in [-0.39, 0.29) is 0 Å². The van der Waals surface area contributed by atoms with Crippen molar-refractivity contribution in [1.29, 1.82) is 5.26 Å². The van der Waals surface area contributed by atoms with E-state index in [1.807, 2.05) is 24.3 Å². The highest BCUT2D eigenvalue weighted by Gasteiger charge is 2.27. The van der Waals surface area contributed by atoms with E-state index in [0.717, 1.165) is 37.1 Å². The van der Waals surface area contributed by atoms with Crippen LogP contribution in [0.3, 0.4) is 0 Å². The lowest BCUT2D eigenvalue weighted by atomic mass is 9.90. The van der Waals surface area contributed by atoms with Crippen LogP contribution in [0.5, 0.6) is 5.75 Å². The van der Waals surface area contributed by atoms with E-state index in [4.69, 9.17) is 4.74 Å². The minimum Gasteiger partial charge on any atom is -0.497 e. The summed E-state index contributed by atoms with van der Waals surface area (Å²) in [5, 5.41) is 12.9. The third-order valence-electron chi connectivity index (χ3n) is 3.02. The topological polar surface area (TPSA) is 45.0 Å². The van der Waals surface area contributed by atoms with Crippen LogP contribution in [-0.4, -0.2) is 12.6 Å². The van der Waals surface area contributed by atoms with Gasteiger partial charge in [-0.2, -0.15) is 5.26 Å². The molecule has 0 atom stereocenters. The number of nitrogens with one attached hydrogen (secondary N) is 1. The summed E-state index contributed by atoms with van der Waals surface area (Å²) in [6.07, 6.45) is 3.69. The van der Waals surface area contributed by atoms with Gasteiger partial charge in [0.15, 0.2) is 0 Å². The van der Waals surface area contributed by atoms with Gasteiger partial charge in [-0.1, -0.05) is 32.8 Å². The van der Waals surface area contributed by atoms with Crippen LogP contribution in [-0.2, 0) is 0 Å². The fraction of sp³-hybridized carbons (Fsp3) is 0.533. The number of ether oxygens (including phenoxy) is 1. The second kappa shape index (κ2) is 6.90. The van der Waals surface area contributed by atoms with E-state index in [9.17, 15) is 5.26 Å². The highest BCUT2D eigenvalue weighted by molar-refractivity contribution is 5.51. The van der Waals surface area contributed by atoms with Crippen molar-refractivity contribution in [3.63, 3.8) is 0 Å². The Kier molecular flexibility index (Phi) is 5.51. The van der Waals surface area contributed by atoms with Crippen molar-refractivity contribution < 1.29 is 4.74 Å². The van der Waals surface area contributed by atoms with Crippen LogP contribution in [0.4, 0.5) is 5.69 Å². The van der Waals surface area contributed by atoms with Crippen molar-refractivity contribution in [3.8, 4) is 11.8 Å². The highest BCUT2D eigenvalue weighted by Crippen LogP contribution is 2.26. The van der Waals surface area contributed by atoms with Crippen LogP contribution in [0.25, 0.3) is 0 Å². The number of benzene rings is 1. The molecule has 0 saturated carbocycles. The first-order valence-corrected chi connectivity index (χ1v) is 6.53. The van der Waals surface area contributed by atoms with Crippen LogP contribution in [0, 0.1) is 11.3 Å². The predicted molar refractivity (Wildman–Crippen MR) is 74.8 cm³/mol. The first kappa shape index (κ1) is 14.4. The summed E-state index contributed by atoms with van der Waals surface area (Å²) >= 11 is 0. The Morgan fingerprint density at radius 2 is 1.94 bits per heavy atom. The molecule has 0 aliphatic rings. The Hall–Kier alpha value is -1.69. The maximum Gasteiger partial charge on any atom is 0.125 e. The molecule has 0 aromatic heterocycles. The first-order valence-electron chi connectivity index (χ1n) is 6.53. The fourth-order valence-electron chi connectivity index (χ4n) is 2.22. The number of rotatable bonds is 7. The molecule has 3 nitrogen and oxygen atoms in total. The molecule has 0 spiro atoms. The summed E-state index contributed by atoms with van der Waals surface area (Å²) in [5.41, 5.74) is 0.480. The molecular formula is C15H22N2O. The van der Waals surface area contributed by atoms with E-state index in [0.29, 0.717) is 0 Å². The molecule has 1 rings (SSSR count). The largest absolute Gasteiger partial charge is 0.497 e. The molecule has 3 heteroatoms. The van der Waals surface area contributed by atoms with Gasteiger partial charge >= 0.3 is 0 Å². The number of hydrogen-bond acceptors (Lipinski definition) is 3. The summed E-state index contributed by atoms with van der Waals surface area (Å²) in [7, 11) is 1.65. The zero-order valence-electron chi connectivity index (χ0n) is 11.5. The molecule has 0 aliphatic carbocycles. The Balaban J connectivity index is 2.91. The number of nitrogens with zero attached hydrogens (tertiary/aromatic N) is 1. The molecule has 1 aromatic rings. The maximum absolute atomic E-state index is 9.48. The highest BCUT2D eigenvalue weighted by atomic mass is 16.5. The Morgan fingerprint density at radius 3 is 2.44 bits per heavy atom. The zero-order valence-corrected chi connectivity index (χ0v) is 11.5. The second-order valence-electron chi connectivity index (χ2n) is 4.55. The van der Waals surface area contributed by atoms with Crippen molar-refractivity contribution in [3.05, 3.63) is 24.3 Å². The van der Waals surface area contributed by atoms with Crippen LogP contribution < -0.4 is 10.1 Å². The SMILES string of the molecule is CCCC(C#N)(CCC)Nc1cccc(OC)c1. The van der Waals surface area contributed by atoms with Gasteiger partial charge in [-0.05, 0) is 25.0 Å². The average Bonchev–Trinajstić information content (AvgIpc) is 2.39. The van der Waals surface area contributed by atoms with Gasteiger partial charge in [0.2, 0.25) is 0 Å². The lowest BCUT2D eigenvalue weighted by molar-refractivity contribution is 0.414. The summed E-state index contributed by atoms with van der Waals surface area (Å²) in [5.74, 6) is 0.805. The van der Waals surface area contributed by atoms with Crippen molar-refractivity contribution in [2.75, 3.05) is 12.4 Å². The Labute approximate surface area is 110 Å². The summed E-state index contributed by atoms with van der Waals surface area (Å²) < 4.78 is 5.20. The third-order valence-corrected chi connectivity index (χ3v) is 3.02. The number of methoxy groups -OCH3 is 1. The first-order chi connectivity index (χ1) is 8.69. The van der Waals surface area contributed by atoms with Gasteiger partial charge in [-0.25, -0.2) is 0 Å². The van der Waals surface area contributed by atoms with Crippen LogP contribution in [0.2, 0.25) is 0 Å². The standard InChI is InChI=1S/C15H22N2O/c1-4-9-15(12-16,10-5-2)17-13-7-6-8-14(11-13)18-3/h6-8,11,17H,4-5,9-10H2,1-3H3. The molecule has 1 N–H and O–H groups in total. The maximum atomic E-state index is 9.48. The van der Waals surface area contributed by atoms with Crippen molar-refractivity contribution >= 4 is 5.69 Å². The van der Waals surface area contributed by atoms with Gasteiger partial charge < -0.3 is 10.1 Å². The molecule has 18 heavy (non-hydrogen) atoms. The van der Waals surface area contributed by atoms with Gasteiger partial charge in [0.1, 0.15) is 11.3 Å². The monoisotopic (exact) mass is 246 g/mol. The van der Waals surface area contributed by atoms with Gasteiger partial charge in [-0.15, -0.1) is 0 Å². The van der Waals surface area contributed by atoms with Crippen molar-refractivity contribution in [2.24, 2.45) is 0 Å². The van der Waals surface area contributed by atoms with Gasteiger partial charge in [-0.3, -0.25) is 0 Å². The molecule has 98 valence electrons. The number of hydrogen-bond donors (Lipinski definition) is 1. The van der Waals surface area contributed by atoms with Gasteiger partial charge in [0.05, 0.1) is 13.2 Å². The Morgan fingerprint density at radius 1 is 1.28 bits per heavy atom. The van der Waals surface area contributed by atoms with Crippen molar-refractivity contribution in [2.45, 2.75) is 45.1 Å². The van der Waals surface area contributed by atoms with E-state index < -0.39 is 5.54 Å². The third kappa shape index (κ3) is 3.66. The lowest BCUT2D eigenvalue weighted by Crippen LogP contribution is -2.36. The summed E-state index contributed by atoms with van der Waals surface area (Å²) in [6, 6.07) is 10.2. The summed E-state index contributed by atoms with van der Waals surface area (Å²) in [4.78, 5) is 0.